The van der Waals surface area contributed by atoms with Crippen LogP contribution in [0.4, 0.5) is 0 Å². The standard InChI is InChI=1S/C12H11NO2S/c13-5-3-10(14)12(15)9-1-2-11-8(7-9)4-6-16-11/h1-2,4,6-7,10,12,14-15H,3H2. The molecule has 2 N–H and O–H groups in total. The van der Waals surface area contributed by atoms with E-state index in [1.54, 1.807) is 17.4 Å². The zero-order valence-corrected chi connectivity index (χ0v) is 9.31. The number of aliphatic hydroxyl groups excluding tert-OH is 2. The predicted octanol–water partition coefficient (Wildman–Crippen LogP) is 2.21. The third kappa shape index (κ3) is 2.07. The van der Waals surface area contributed by atoms with E-state index < -0.39 is 12.2 Å². The lowest BCUT2D eigenvalue weighted by atomic mass is 10.0. The largest absolute Gasteiger partial charge is 0.389 e. The normalized spacial score (nSPS) is 14.6. The first-order valence-corrected chi connectivity index (χ1v) is 5.80. The highest BCUT2D eigenvalue weighted by molar-refractivity contribution is 7.17. The van der Waals surface area contributed by atoms with Crippen molar-refractivity contribution < 1.29 is 10.2 Å². The molecule has 0 amide bonds. The molecule has 1 heterocycles. The lowest BCUT2D eigenvalue weighted by Gasteiger charge is -2.15. The summed E-state index contributed by atoms with van der Waals surface area (Å²) in [6, 6.07) is 9.35. The van der Waals surface area contributed by atoms with Gasteiger partial charge in [0.2, 0.25) is 0 Å². The van der Waals surface area contributed by atoms with Crippen LogP contribution in [0.5, 0.6) is 0 Å². The Morgan fingerprint density at radius 3 is 2.88 bits per heavy atom. The SMILES string of the molecule is N#CCC(O)C(O)c1ccc2sccc2c1. The summed E-state index contributed by atoms with van der Waals surface area (Å²) in [5.41, 5.74) is 0.647. The molecule has 0 aliphatic carbocycles. The molecule has 0 bridgehead atoms. The Labute approximate surface area is 97.2 Å². The first-order valence-electron chi connectivity index (χ1n) is 4.92. The topological polar surface area (TPSA) is 64.2 Å². The van der Waals surface area contributed by atoms with Crippen molar-refractivity contribution in [2.24, 2.45) is 0 Å². The van der Waals surface area contributed by atoms with Gasteiger partial charge in [-0.15, -0.1) is 11.3 Å². The molecule has 1 aromatic heterocycles. The molecule has 16 heavy (non-hydrogen) atoms. The lowest BCUT2D eigenvalue weighted by Crippen LogP contribution is -2.17. The van der Waals surface area contributed by atoms with Crippen LogP contribution >= 0.6 is 11.3 Å². The molecule has 3 nitrogen and oxygen atoms in total. The molecule has 0 aliphatic heterocycles. The van der Waals surface area contributed by atoms with Crippen molar-refractivity contribution in [1.29, 1.82) is 5.26 Å². The number of hydrogen-bond donors (Lipinski definition) is 2. The first kappa shape index (κ1) is 11.1. The minimum atomic E-state index is -1.03. The number of aliphatic hydroxyl groups is 2. The van der Waals surface area contributed by atoms with Crippen LogP contribution < -0.4 is 0 Å². The van der Waals surface area contributed by atoms with Crippen LogP contribution in [0.3, 0.4) is 0 Å². The van der Waals surface area contributed by atoms with E-state index in [4.69, 9.17) is 5.26 Å². The van der Waals surface area contributed by atoms with Gasteiger partial charge in [-0.2, -0.15) is 5.26 Å². The fourth-order valence-electron chi connectivity index (χ4n) is 1.60. The molecule has 1 aromatic carbocycles. The fraction of sp³-hybridized carbons (Fsp3) is 0.250. The van der Waals surface area contributed by atoms with E-state index in [2.05, 4.69) is 0 Å². The Morgan fingerprint density at radius 2 is 2.12 bits per heavy atom. The molecule has 0 spiro atoms. The Hall–Kier alpha value is -1.41. The predicted molar refractivity (Wildman–Crippen MR) is 63.0 cm³/mol. The van der Waals surface area contributed by atoms with Gasteiger partial charge in [-0.1, -0.05) is 6.07 Å². The van der Waals surface area contributed by atoms with Crippen LogP contribution in [0.2, 0.25) is 0 Å². The van der Waals surface area contributed by atoms with Gasteiger partial charge < -0.3 is 10.2 Å². The molecular formula is C12H11NO2S. The van der Waals surface area contributed by atoms with Crippen LogP contribution in [-0.2, 0) is 0 Å². The van der Waals surface area contributed by atoms with Crippen LogP contribution in [-0.4, -0.2) is 16.3 Å². The number of fused-ring (bicyclic) bond motifs is 1. The fourth-order valence-corrected chi connectivity index (χ4v) is 2.37. The van der Waals surface area contributed by atoms with E-state index in [9.17, 15) is 10.2 Å². The number of nitrogens with zero attached hydrogens (tertiary/aromatic N) is 1. The van der Waals surface area contributed by atoms with Gasteiger partial charge in [-0.05, 0) is 34.5 Å². The summed E-state index contributed by atoms with van der Waals surface area (Å²) in [6.07, 6.45) is -2.09. The lowest BCUT2D eigenvalue weighted by molar-refractivity contribution is 0.0217. The van der Waals surface area contributed by atoms with Crippen molar-refractivity contribution in [3.63, 3.8) is 0 Å². The monoisotopic (exact) mass is 233 g/mol. The third-order valence-corrected chi connectivity index (χ3v) is 3.38. The molecule has 0 radical (unpaired) electrons. The summed E-state index contributed by atoms with van der Waals surface area (Å²) in [5, 5.41) is 30.8. The number of hydrogen-bond acceptors (Lipinski definition) is 4. The summed E-state index contributed by atoms with van der Waals surface area (Å²) in [5.74, 6) is 0. The van der Waals surface area contributed by atoms with E-state index in [1.165, 1.54) is 0 Å². The molecule has 0 aliphatic rings. The van der Waals surface area contributed by atoms with Gasteiger partial charge in [0, 0.05) is 4.70 Å². The molecule has 2 aromatic rings. The van der Waals surface area contributed by atoms with E-state index >= 15 is 0 Å². The molecule has 82 valence electrons. The van der Waals surface area contributed by atoms with E-state index in [1.807, 2.05) is 29.6 Å². The van der Waals surface area contributed by atoms with Crippen molar-refractivity contribution in [3.05, 3.63) is 35.2 Å². The molecule has 0 saturated heterocycles. The molecule has 4 heteroatoms. The Kier molecular flexibility index (Phi) is 3.20. The quantitative estimate of drug-likeness (QED) is 0.854. The van der Waals surface area contributed by atoms with Crippen molar-refractivity contribution >= 4 is 21.4 Å². The van der Waals surface area contributed by atoms with Gasteiger partial charge in [0.1, 0.15) is 6.10 Å². The highest BCUT2D eigenvalue weighted by Crippen LogP contribution is 2.26. The van der Waals surface area contributed by atoms with Crippen molar-refractivity contribution in [3.8, 4) is 6.07 Å². The van der Waals surface area contributed by atoms with Gasteiger partial charge in [0.15, 0.2) is 0 Å². The van der Waals surface area contributed by atoms with Crippen molar-refractivity contribution in [2.45, 2.75) is 18.6 Å². The molecule has 0 saturated carbocycles. The van der Waals surface area contributed by atoms with E-state index in [0.29, 0.717) is 5.56 Å². The number of rotatable bonds is 3. The molecule has 2 unspecified atom stereocenters. The summed E-state index contributed by atoms with van der Waals surface area (Å²) in [4.78, 5) is 0. The van der Waals surface area contributed by atoms with E-state index in [0.717, 1.165) is 10.1 Å². The first-order chi connectivity index (χ1) is 7.72. The highest BCUT2D eigenvalue weighted by Gasteiger charge is 2.18. The van der Waals surface area contributed by atoms with E-state index in [-0.39, 0.29) is 6.42 Å². The average Bonchev–Trinajstić information content (AvgIpc) is 2.75. The maximum atomic E-state index is 9.82. The molecular weight excluding hydrogens is 222 g/mol. The van der Waals surface area contributed by atoms with Crippen molar-refractivity contribution in [1.82, 2.24) is 0 Å². The Morgan fingerprint density at radius 1 is 1.31 bits per heavy atom. The Balaban J connectivity index is 2.29. The highest BCUT2D eigenvalue weighted by atomic mass is 32.1. The minimum absolute atomic E-state index is 0.0666. The van der Waals surface area contributed by atoms with Crippen LogP contribution in [0.1, 0.15) is 18.1 Å². The second-order valence-electron chi connectivity index (χ2n) is 3.59. The number of benzene rings is 1. The summed E-state index contributed by atoms with van der Waals surface area (Å²) in [6.45, 7) is 0. The Bertz CT molecular complexity index is 529. The maximum Gasteiger partial charge on any atom is 0.106 e. The molecule has 2 rings (SSSR count). The molecule has 2 atom stereocenters. The summed E-state index contributed by atoms with van der Waals surface area (Å²) >= 11 is 1.63. The number of thiophene rings is 1. The average molecular weight is 233 g/mol. The van der Waals surface area contributed by atoms with Gasteiger partial charge in [-0.3, -0.25) is 0 Å². The second-order valence-corrected chi connectivity index (χ2v) is 4.54. The van der Waals surface area contributed by atoms with Crippen LogP contribution in [0.25, 0.3) is 10.1 Å². The zero-order chi connectivity index (χ0) is 11.5. The smallest absolute Gasteiger partial charge is 0.106 e. The maximum absolute atomic E-state index is 9.82. The molecule has 0 fully saturated rings. The second kappa shape index (κ2) is 4.62. The van der Waals surface area contributed by atoms with Gasteiger partial charge in [-0.25, -0.2) is 0 Å². The zero-order valence-electron chi connectivity index (χ0n) is 8.50. The summed E-state index contributed by atoms with van der Waals surface area (Å²) < 4.78 is 1.14. The third-order valence-electron chi connectivity index (χ3n) is 2.48. The van der Waals surface area contributed by atoms with Gasteiger partial charge in [0.25, 0.3) is 0 Å². The summed E-state index contributed by atoms with van der Waals surface area (Å²) in [7, 11) is 0. The minimum Gasteiger partial charge on any atom is -0.389 e. The number of nitriles is 1. The van der Waals surface area contributed by atoms with Gasteiger partial charge in [0.05, 0.1) is 18.6 Å². The van der Waals surface area contributed by atoms with Crippen molar-refractivity contribution in [2.75, 3.05) is 0 Å². The van der Waals surface area contributed by atoms with Crippen LogP contribution in [0.15, 0.2) is 29.6 Å². The van der Waals surface area contributed by atoms with Gasteiger partial charge >= 0.3 is 0 Å². The van der Waals surface area contributed by atoms with Crippen LogP contribution in [0, 0.1) is 11.3 Å².